The molecule has 0 aromatic heterocycles. The molecule has 1 aromatic carbocycles. The molecule has 0 saturated heterocycles. The summed E-state index contributed by atoms with van der Waals surface area (Å²) in [5, 5.41) is 5.96. The van der Waals surface area contributed by atoms with Gasteiger partial charge in [0, 0.05) is 12.0 Å². The summed E-state index contributed by atoms with van der Waals surface area (Å²) < 4.78 is 0. The Bertz CT molecular complexity index is 663. The molecule has 4 N–H and O–H groups in total. The van der Waals surface area contributed by atoms with Crippen molar-refractivity contribution in [2.75, 3.05) is 6.54 Å². The summed E-state index contributed by atoms with van der Waals surface area (Å²) in [6.45, 7) is 5.02. The highest BCUT2D eigenvalue weighted by Gasteiger charge is 2.61. The Hall–Kier alpha value is -2.04. The highest BCUT2D eigenvalue weighted by molar-refractivity contribution is 5.90. The van der Waals surface area contributed by atoms with E-state index in [1.807, 2.05) is 18.2 Å². The van der Waals surface area contributed by atoms with Crippen LogP contribution in [0.4, 0.5) is 4.79 Å². The molecule has 142 valence electrons. The van der Waals surface area contributed by atoms with E-state index in [0.717, 1.165) is 32.1 Å². The zero-order valence-electron chi connectivity index (χ0n) is 15.9. The lowest BCUT2D eigenvalue weighted by molar-refractivity contribution is -0.124. The fraction of sp³-hybridized carbons (Fsp3) is 0.619. The maximum atomic E-state index is 12.6. The van der Waals surface area contributed by atoms with E-state index in [-0.39, 0.29) is 16.9 Å². The van der Waals surface area contributed by atoms with Gasteiger partial charge in [-0.15, -0.1) is 0 Å². The summed E-state index contributed by atoms with van der Waals surface area (Å²) in [6.07, 6.45) is 6.31. The van der Waals surface area contributed by atoms with Crippen LogP contribution in [0, 0.1) is 5.41 Å². The van der Waals surface area contributed by atoms with Gasteiger partial charge in [0.05, 0.1) is 0 Å². The van der Waals surface area contributed by atoms with E-state index < -0.39 is 11.4 Å². The minimum atomic E-state index is -0.903. The van der Waals surface area contributed by atoms with E-state index >= 15 is 0 Å². The van der Waals surface area contributed by atoms with E-state index in [9.17, 15) is 9.59 Å². The van der Waals surface area contributed by atoms with Crippen LogP contribution in [0.2, 0.25) is 0 Å². The highest BCUT2D eigenvalue weighted by atomic mass is 16.2. The second kappa shape index (κ2) is 6.93. The number of urea groups is 1. The molecule has 0 spiro atoms. The minimum Gasteiger partial charge on any atom is -0.368 e. The quantitative estimate of drug-likeness (QED) is 0.707. The van der Waals surface area contributed by atoms with Crippen LogP contribution in [0.3, 0.4) is 0 Å². The van der Waals surface area contributed by atoms with E-state index in [2.05, 4.69) is 36.6 Å². The molecule has 2 fully saturated rings. The number of carbonyl (C=O) groups is 2. The Labute approximate surface area is 156 Å². The second-order valence-electron chi connectivity index (χ2n) is 8.68. The Balaban J connectivity index is 1.67. The van der Waals surface area contributed by atoms with Crippen LogP contribution in [0.5, 0.6) is 0 Å². The van der Waals surface area contributed by atoms with Crippen molar-refractivity contribution in [2.45, 2.75) is 69.7 Å². The van der Waals surface area contributed by atoms with Gasteiger partial charge in [0.15, 0.2) is 0 Å². The van der Waals surface area contributed by atoms with E-state index in [0.29, 0.717) is 19.4 Å². The molecule has 5 heteroatoms. The Morgan fingerprint density at radius 2 is 1.62 bits per heavy atom. The molecular weight excluding hydrogens is 326 g/mol. The SMILES string of the molecule is CC1(C)CC1(CNC(=O)NC1(C(N)=O)CCCCCC1)c1ccccc1. The first-order chi connectivity index (χ1) is 12.3. The van der Waals surface area contributed by atoms with Gasteiger partial charge in [0.2, 0.25) is 5.91 Å². The van der Waals surface area contributed by atoms with Gasteiger partial charge in [-0.1, -0.05) is 69.9 Å². The molecule has 3 amide bonds. The number of primary amides is 1. The molecule has 1 unspecified atom stereocenters. The molecule has 2 aliphatic carbocycles. The Morgan fingerprint density at radius 1 is 1.04 bits per heavy atom. The largest absolute Gasteiger partial charge is 0.368 e. The predicted octanol–water partition coefficient (Wildman–Crippen LogP) is 3.23. The van der Waals surface area contributed by atoms with E-state index in [4.69, 9.17) is 5.73 Å². The third-order valence-electron chi connectivity index (χ3n) is 6.57. The number of carbonyl (C=O) groups excluding carboxylic acids is 2. The molecule has 2 aliphatic rings. The molecule has 0 aliphatic heterocycles. The van der Waals surface area contributed by atoms with Crippen molar-refractivity contribution < 1.29 is 9.59 Å². The van der Waals surface area contributed by atoms with Gasteiger partial charge in [0.1, 0.15) is 5.54 Å². The van der Waals surface area contributed by atoms with Gasteiger partial charge in [0.25, 0.3) is 0 Å². The number of hydrogen-bond acceptors (Lipinski definition) is 2. The third-order valence-corrected chi connectivity index (χ3v) is 6.57. The number of amides is 3. The van der Waals surface area contributed by atoms with Gasteiger partial charge in [-0.2, -0.15) is 0 Å². The predicted molar refractivity (Wildman–Crippen MR) is 103 cm³/mol. The first-order valence-electron chi connectivity index (χ1n) is 9.73. The normalized spacial score (nSPS) is 26.4. The Kier molecular flexibility index (Phi) is 5.00. The van der Waals surface area contributed by atoms with Crippen molar-refractivity contribution in [3.63, 3.8) is 0 Å². The highest BCUT2D eigenvalue weighted by Crippen LogP contribution is 2.63. The summed E-state index contributed by atoms with van der Waals surface area (Å²) in [5.41, 5.74) is 6.12. The van der Waals surface area contributed by atoms with Crippen molar-refractivity contribution in [3.05, 3.63) is 35.9 Å². The molecular formula is C21H31N3O2. The molecule has 0 bridgehead atoms. The zero-order chi connectivity index (χ0) is 18.8. The van der Waals surface area contributed by atoms with Crippen molar-refractivity contribution in [3.8, 4) is 0 Å². The number of nitrogens with one attached hydrogen (secondary N) is 2. The lowest BCUT2D eigenvalue weighted by atomic mass is 9.87. The van der Waals surface area contributed by atoms with Crippen LogP contribution in [-0.2, 0) is 10.2 Å². The number of nitrogens with two attached hydrogens (primary N) is 1. The maximum absolute atomic E-state index is 12.6. The minimum absolute atomic E-state index is 0.0467. The van der Waals surface area contributed by atoms with Gasteiger partial charge in [-0.05, 0) is 30.2 Å². The summed E-state index contributed by atoms with van der Waals surface area (Å²) in [7, 11) is 0. The van der Waals surface area contributed by atoms with E-state index in [1.165, 1.54) is 5.56 Å². The zero-order valence-corrected chi connectivity index (χ0v) is 15.9. The van der Waals surface area contributed by atoms with Crippen molar-refractivity contribution >= 4 is 11.9 Å². The Morgan fingerprint density at radius 3 is 2.12 bits per heavy atom. The molecule has 26 heavy (non-hydrogen) atoms. The van der Waals surface area contributed by atoms with Gasteiger partial charge in [-0.3, -0.25) is 4.79 Å². The van der Waals surface area contributed by atoms with Crippen LogP contribution < -0.4 is 16.4 Å². The summed E-state index contributed by atoms with van der Waals surface area (Å²) in [5.74, 6) is -0.418. The van der Waals surface area contributed by atoms with Crippen LogP contribution in [0.1, 0.15) is 64.4 Å². The molecule has 2 saturated carbocycles. The number of hydrogen-bond donors (Lipinski definition) is 3. The van der Waals surface area contributed by atoms with Gasteiger partial charge >= 0.3 is 6.03 Å². The monoisotopic (exact) mass is 357 g/mol. The summed E-state index contributed by atoms with van der Waals surface area (Å²) in [6, 6.07) is 10.1. The van der Waals surface area contributed by atoms with Crippen LogP contribution in [0.25, 0.3) is 0 Å². The van der Waals surface area contributed by atoms with Crippen molar-refractivity contribution in [2.24, 2.45) is 11.1 Å². The smallest absolute Gasteiger partial charge is 0.315 e. The topological polar surface area (TPSA) is 84.2 Å². The summed E-state index contributed by atoms with van der Waals surface area (Å²) >= 11 is 0. The van der Waals surface area contributed by atoms with Crippen LogP contribution in [-0.4, -0.2) is 24.0 Å². The fourth-order valence-electron chi connectivity index (χ4n) is 4.62. The van der Waals surface area contributed by atoms with Crippen molar-refractivity contribution in [1.82, 2.24) is 10.6 Å². The maximum Gasteiger partial charge on any atom is 0.315 e. The molecule has 0 heterocycles. The second-order valence-corrected chi connectivity index (χ2v) is 8.68. The van der Waals surface area contributed by atoms with Crippen molar-refractivity contribution in [1.29, 1.82) is 0 Å². The number of benzene rings is 1. The van der Waals surface area contributed by atoms with Gasteiger partial charge < -0.3 is 16.4 Å². The summed E-state index contributed by atoms with van der Waals surface area (Å²) in [4.78, 5) is 24.7. The fourth-order valence-corrected chi connectivity index (χ4v) is 4.62. The first-order valence-corrected chi connectivity index (χ1v) is 9.73. The molecule has 5 nitrogen and oxygen atoms in total. The van der Waals surface area contributed by atoms with E-state index in [1.54, 1.807) is 0 Å². The first kappa shape index (κ1) is 18.7. The molecule has 0 radical (unpaired) electrons. The van der Waals surface area contributed by atoms with Gasteiger partial charge in [-0.25, -0.2) is 4.79 Å². The average molecular weight is 357 g/mol. The molecule has 1 aromatic rings. The average Bonchev–Trinajstić information content (AvgIpc) is 3.26. The lowest BCUT2D eigenvalue weighted by Gasteiger charge is -2.31. The van der Waals surface area contributed by atoms with Crippen LogP contribution >= 0.6 is 0 Å². The number of rotatable bonds is 5. The molecule has 1 atom stereocenters. The third kappa shape index (κ3) is 3.44. The van der Waals surface area contributed by atoms with Crippen LogP contribution in [0.15, 0.2) is 30.3 Å². The molecule has 3 rings (SSSR count). The standard InChI is InChI=1S/C21H31N3O2/c1-19(2)14-20(19,16-10-6-5-7-11-16)15-23-18(26)24-21(17(22)25)12-8-3-4-9-13-21/h5-7,10-11H,3-4,8-9,12-15H2,1-2H3,(H2,22,25)(H2,23,24,26). The lowest BCUT2D eigenvalue weighted by Crippen LogP contribution is -2.60.